The van der Waals surface area contributed by atoms with Crippen molar-refractivity contribution < 1.29 is 39.5 Å². The molecular formula is C29H39N3O8. The summed E-state index contributed by atoms with van der Waals surface area (Å²) in [6, 6.07) is 10.7. The molecule has 11 nitrogen and oxygen atoms in total. The zero-order valence-electron chi connectivity index (χ0n) is 24.1. The first-order valence-electron chi connectivity index (χ1n) is 13.8. The van der Waals surface area contributed by atoms with E-state index < -0.39 is 12.0 Å². The molecule has 0 bridgehead atoms. The second-order valence-electron chi connectivity index (χ2n) is 9.18. The van der Waals surface area contributed by atoms with E-state index in [-0.39, 0.29) is 18.4 Å². The number of nitrogens with two attached hydrogens (primary N) is 1. The molecule has 40 heavy (non-hydrogen) atoms. The maximum Gasteiger partial charge on any atom is 0.404 e. The Labute approximate surface area is 236 Å². The van der Waals surface area contributed by atoms with Crippen molar-refractivity contribution >= 4 is 17.9 Å². The summed E-state index contributed by atoms with van der Waals surface area (Å²) in [6.07, 6.45) is 0.675. The molecule has 0 radical (unpaired) electrons. The van der Waals surface area contributed by atoms with Crippen molar-refractivity contribution in [2.45, 2.75) is 18.8 Å². The average Bonchev–Trinajstić information content (AvgIpc) is 3.30. The Balaban J connectivity index is 1.68. The van der Waals surface area contributed by atoms with Gasteiger partial charge in [0.05, 0.1) is 13.2 Å². The first-order valence-corrected chi connectivity index (χ1v) is 13.3. The summed E-state index contributed by atoms with van der Waals surface area (Å²) in [4.78, 5) is 37.4. The molecule has 0 spiro atoms. The predicted molar refractivity (Wildman–Crippen MR) is 149 cm³/mol. The van der Waals surface area contributed by atoms with Gasteiger partial charge in [-0.05, 0) is 59.4 Å². The van der Waals surface area contributed by atoms with Gasteiger partial charge in [-0.3, -0.25) is 9.59 Å². The van der Waals surface area contributed by atoms with Crippen LogP contribution in [0.1, 0.15) is 50.6 Å². The second kappa shape index (κ2) is 16.6. The summed E-state index contributed by atoms with van der Waals surface area (Å²) in [7, 11) is 3.27. The van der Waals surface area contributed by atoms with Crippen molar-refractivity contribution in [3.05, 3.63) is 58.7 Å². The molecule has 0 aliphatic heterocycles. The van der Waals surface area contributed by atoms with Crippen molar-refractivity contribution in [1.29, 1.82) is 0 Å². The third-order valence-electron chi connectivity index (χ3n) is 6.39. The zero-order valence-corrected chi connectivity index (χ0v) is 23.1. The fourth-order valence-electron chi connectivity index (χ4n) is 4.47. The Bertz CT molecular complexity index is 1080. The SMILES string of the molecule is [2H]NC(=O)OCC1c2cc(C(=O)NCCOCCCOC)ccc2-c2ccc(C(=O)NCCOCCCOC)cc21. The number of methoxy groups -OCH3 is 2. The van der Waals surface area contributed by atoms with Gasteiger partial charge in [0.15, 0.2) is 1.41 Å². The number of ether oxygens (including phenoxy) is 5. The number of carbonyl (C=O) groups excluding carboxylic acids is 3. The zero-order chi connectivity index (χ0) is 29.5. The number of hydrogen-bond donors (Lipinski definition) is 3. The molecule has 2 aromatic carbocycles. The van der Waals surface area contributed by atoms with Gasteiger partial charge in [-0.15, -0.1) is 0 Å². The van der Waals surface area contributed by atoms with Crippen LogP contribution in [0.25, 0.3) is 11.1 Å². The van der Waals surface area contributed by atoms with Gasteiger partial charge in [0.1, 0.15) is 6.61 Å². The molecule has 1 aliphatic carbocycles. The van der Waals surface area contributed by atoms with Crippen LogP contribution in [0.4, 0.5) is 4.79 Å². The molecule has 0 saturated carbocycles. The maximum absolute atomic E-state index is 12.8. The Morgan fingerprint density at radius 3 is 1.73 bits per heavy atom. The minimum Gasteiger partial charge on any atom is -0.449 e. The number of hydrogen-bond acceptors (Lipinski definition) is 8. The van der Waals surface area contributed by atoms with Crippen LogP contribution in [0.2, 0.25) is 1.41 Å². The van der Waals surface area contributed by atoms with Crippen LogP contribution in [0.5, 0.6) is 0 Å². The lowest BCUT2D eigenvalue weighted by Crippen LogP contribution is -2.27. The topological polar surface area (TPSA) is 147 Å². The predicted octanol–water partition coefficient (Wildman–Crippen LogP) is 2.46. The molecule has 4 N–H and O–H groups in total. The Morgan fingerprint density at radius 2 is 1.27 bits per heavy atom. The Morgan fingerprint density at radius 1 is 0.775 bits per heavy atom. The third-order valence-corrected chi connectivity index (χ3v) is 6.39. The molecule has 0 aromatic heterocycles. The van der Waals surface area contributed by atoms with E-state index in [2.05, 4.69) is 10.6 Å². The van der Waals surface area contributed by atoms with Gasteiger partial charge in [-0.25, -0.2) is 4.79 Å². The first kappa shape index (κ1) is 29.5. The standard InChI is InChI=1S/C29H39N3O8/c1-36-11-3-13-38-15-9-31-27(33)20-5-7-22-23-8-6-21(28(34)32-10-16-39-14-4-12-37-2)18-25(23)26(24(22)17-20)19-40-29(30)35/h5-8,17-18,26H,3-4,9-16,19H2,1-2H3,(H2,30,35)(H,31,33)(H,32,34)/i/hD. The average molecular weight is 559 g/mol. The van der Waals surface area contributed by atoms with E-state index in [4.69, 9.17) is 25.1 Å². The molecule has 0 atom stereocenters. The van der Waals surface area contributed by atoms with Crippen molar-refractivity contribution in [1.82, 2.24) is 10.6 Å². The van der Waals surface area contributed by atoms with Crippen LogP contribution in [-0.4, -0.2) is 91.5 Å². The van der Waals surface area contributed by atoms with Gasteiger partial charge in [0, 0.05) is 70.8 Å². The fraction of sp³-hybridized carbons (Fsp3) is 0.483. The highest BCUT2D eigenvalue weighted by molar-refractivity contribution is 5.98. The van der Waals surface area contributed by atoms with Crippen LogP contribution in [0.15, 0.2) is 36.4 Å². The van der Waals surface area contributed by atoms with E-state index in [1.165, 1.54) is 0 Å². The Kier molecular flexibility index (Phi) is 12.2. The summed E-state index contributed by atoms with van der Waals surface area (Å²) in [5.74, 6) is -0.930. The van der Waals surface area contributed by atoms with Gasteiger partial charge in [0.25, 0.3) is 11.8 Å². The number of benzene rings is 2. The summed E-state index contributed by atoms with van der Waals surface area (Å²) in [5.41, 5.74) is 5.97. The molecular weight excluding hydrogens is 518 g/mol. The number of nitrogens with one attached hydrogen (secondary N) is 2. The van der Waals surface area contributed by atoms with Gasteiger partial charge in [-0.2, -0.15) is 0 Å². The lowest BCUT2D eigenvalue weighted by Gasteiger charge is -2.15. The lowest BCUT2D eigenvalue weighted by atomic mass is 9.95. The van der Waals surface area contributed by atoms with Crippen molar-refractivity contribution in [3.63, 3.8) is 0 Å². The smallest absolute Gasteiger partial charge is 0.404 e. The van der Waals surface area contributed by atoms with E-state index in [0.29, 0.717) is 63.9 Å². The van der Waals surface area contributed by atoms with Crippen molar-refractivity contribution in [2.24, 2.45) is 5.73 Å². The van der Waals surface area contributed by atoms with E-state index in [1.54, 1.807) is 44.2 Å². The van der Waals surface area contributed by atoms with Crippen molar-refractivity contribution in [3.8, 4) is 11.1 Å². The first-order chi connectivity index (χ1) is 20.0. The summed E-state index contributed by atoms with van der Waals surface area (Å²) >= 11 is 0. The van der Waals surface area contributed by atoms with E-state index >= 15 is 0 Å². The normalized spacial score (nSPS) is 12.3. The number of rotatable bonds is 18. The highest BCUT2D eigenvalue weighted by Crippen LogP contribution is 2.45. The minimum atomic E-state index is -0.890. The summed E-state index contributed by atoms with van der Waals surface area (Å²) in [5, 5.41) is 5.71. The van der Waals surface area contributed by atoms with E-state index in [9.17, 15) is 14.4 Å². The van der Waals surface area contributed by atoms with Gasteiger partial charge in [-0.1, -0.05) is 12.1 Å². The maximum atomic E-state index is 12.8. The number of carbonyl (C=O) groups is 3. The van der Waals surface area contributed by atoms with Gasteiger partial charge < -0.3 is 40.0 Å². The number of primary amides is 1. The Hall–Kier alpha value is -3.51. The van der Waals surface area contributed by atoms with Gasteiger partial charge >= 0.3 is 6.09 Å². The number of amides is 3. The largest absolute Gasteiger partial charge is 0.449 e. The van der Waals surface area contributed by atoms with E-state index in [1.807, 2.05) is 12.1 Å². The van der Waals surface area contributed by atoms with Crippen LogP contribution in [0, 0.1) is 0 Å². The monoisotopic (exact) mass is 558 g/mol. The third kappa shape index (κ3) is 9.02. The highest BCUT2D eigenvalue weighted by Gasteiger charge is 2.31. The molecule has 0 unspecified atom stereocenters. The highest BCUT2D eigenvalue weighted by atomic mass is 16.5. The molecule has 2 aromatic rings. The van der Waals surface area contributed by atoms with Gasteiger partial charge in [0.2, 0.25) is 0 Å². The molecule has 1 aliphatic rings. The second-order valence-corrected chi connectivity index (χ2v) is 9.18. The summed E-state index contributed by atoms with van der Waals surface area (Å²) < 4.78 is 33.2. The molecule has 3 amide bonds. The molecule has 0 saturated heterocycles. The van der Waals surface area contributed by atoms with E-state index in [0.717, 1.165) is 35.1 Å². The molecule has 0 fully saturated rings. The quantitative estimate of drug-likeness (QED) is 0.237. The fourth-order valence-corrected chi connectivity index (χ4v) is 4.47. The van der Waals surface area contributed by atoms with Crippen molar-refractivity contribution in [2.75, 3.05) is 73.6 Å². The molecule has 3 rings (SSSR count). The van der Waals surface area contributed by atoms with Crippen LogP contribution >= 0.6 is 0 Å². The summed E-state index contributed by atoms with van der Waals surface area (Å²) in [6.45, 7) is 3.76. The van der Waals surface area contributed by atoms with Crippen LogP contribution in [-0.2, 0) is 23.7 Å². The molecule has 11 heteroatoms. The number of fused-ring (bicyclic) bond motifs is 3. The molecule has 218 valence electrons. The molecule has 0 heterocycles. The van der Waals surface area contributed by atoms with Crippen LogP contribution in [0.3, 0.4) is 0 Å². The van der Waals surface area contributed by atoms with Crippen LogP contribution < -0.4 is 16.4 Å². The lowest BCUT2D eigenvalue weighted by molar-refractivity contribution is 0.0874. The minimum absolute atomic E-state index is 0.0640.